The van der Waals surface area contributed by atoms with Crippen molar-refractivity contribution < 1.29 is 19.4 Å². The Kier molecular flexibility index (Phi) is 5.73. The quantitative estimate of drug-likeness (QED) is 0.592. The minimum Gasteiger partial charge on any atom is -0.481 e. The molecule has 0 radical (unpaired) electrons. The predicted molar refractivity (Wildman–Crippen MR) is 63.5 cm³/mol. The zero-order chi connectivity index (χ0) is 12.7. The molecular formula is C13H20O4. The fraction of sp³-hybridized carbons (Fsp3) is 0.692. The van der Waals surface area contributed by atoms with Crippen LogP contribution in [0.2, 0.25) is 0 Å². The van der Waals surface area contributed by atoms with Crippen LogP contribution in [0.1, 0.15) is 45.4 Å². The van der Waals surface area contributed by atoms with Crippen LogP contribution in [0.25, 0.3) is 0 Å². The number of carbonyl (C=O) groups is 2. The van der Waals surface area contributed by atoms with Crippen LogP contribution in [0.4, 0.5) is 0 Å². The molecule has 0 atom stereocenters. The van der Waals surface area contributed by atoms with Crippen molar-refractivity contribution in [3.8, 4) is 0 Å². The second-order valence-corrected chi connectivity index (χ2v) is 4.32. The lowest BCUT2D eigenvalue weighted by molar-refractivity contribution is -0.148. The van der Waals surface area contributed by atoms with Crippen LogP contribution < -0.4 is 0 Å². The molecule has 0 saturated heterocycles. The molecule has 96 valence electrons. The standard InChI is InChI=1S/C13H20O4/c1-2-17-13(16)11-8-6-10(7-9-11)4-3-5-12(14)15/h4,11H,2-3,5-9H2,1H3,(H,14,15). The molecule has 1 rings (SSSR count). The Morgan fingerprint density at radius 1 is 1.41 bits per heavy atom. The van der Waals surface area contributed by atoms with Crippen LogP contribution >= 0.6 is 0 Å². The van der Waals surface area contributed by atoms with E-state index >= 15 is 0 Å². The maximum atomic E-state index is 11.5. The third-order valence-electron chi connectivity index (χ3n) is 3.04. The topological polar surface area (TPSA) is 63.6 Å². The van der Waals surface area contributed by atoms with Crippen molar-refractivity contribution in [2.24, 2.45) is 5.92 Å². The van der Waals surface area contributed by atoms with E-state index in [1.165, 1.54) is 5.57 Å². The molecule has 1 saturated carbocycles. The van der Waals surface area contributed by atoms with Crippen molar-refractivity contribution in [2.75, 3.05) is 6.61 Å². The van der Waals surface area contributed by atoms with Crippen LogP contribution in [-0.4, -0.2) is 23.7 Å². The molecule has 4 heteroatoms. The van der Waals surface area contributed by atoms with Gasteiger partial charge < -0.3 is 9.84 Å². The third kappa shape index (κ3) is 5.02. The van der Waals surface area contributed by atoms with Crippen LogP contribution in [0, 0.1) is 5.92 Å². The minimum atomic E-state index is -0.762. The molecule has 0 aromatic rings. The van der Waals surface area contributed by atoms with Gasteiger partial charge in [0.05, 0.1) is 12.5 Å². The molecule has 0 aromatic heterocycles. The van der Waals surface area contributed by atoms with Gasteiger partial charge in [0, 0.05) is 6.42 Å². The summed E-state index contributed by atoms with van der Waals surface area (Å²) in [6.45, 7) is 2.26. The van der Waals surface area contributed by atoms with Crippen LogP contribution in [0.5, 0.6) is 0 Å². The summed E-state index contributed by atoms with van der Waals surface area (Å²) in [5.74, 6) is -0.814. The average molecular weight is 240 g/mol. The Bertz CT molecular complexity index is 297. The van der Waals surface area contributed by atoms with Crippen molar-refractivity contribution in [1.29, 1.82) is 0 Å². The number of carboxylic acid groups (broad SMARTS) is 1. The Morgan fingerprint density at radius 3 is 2.59 bits per heavy atom. The lowest BCUT2D eigenvalue weighted by Gasteiger charge is -2.22. The van der Waals surface area contributed by atoms with Crippen molar-refractivity contribution in [3.63, 3.8) is 0 Å². The zero-order valence-electron chi connectivity index (χ0n) is 10.3. The molecule has 1 fully saturated rings. The Morgan fingerprint density at radius 2 is 2.06 bits per heavy atom. The monoisotopic (exact) mass is 240 g/mol. The first-order valence-corrected chi connectivity index (χ1v) is 6.19. The summed E-state index contributed by atoms with van der Waals surface area (Å²) in [6.07, 6.45) is 6.23. The smallest absolute Gasteiger partial charge is 0.308 e. The lowest BCUT2D eigenvalue weighted by atomic mass is 9.85. The van der Waals surface area contributed by atoms with E-state index in [4.69, 9.17) is 9.84 Å². The molecule has 0 unspecified atom stereocenters. The van der Waals surface area contributed by atoms with Gasteiger partial charge in [-0.2, -0.15) is 0 Å². The Balaban J connectivity index is 2.30. The van der Waals surface area contributed by atoms with E-state index in [1.54, 1.807) is 0 Å². The number of carboxylic acids is 1. The molecule has 1 aliphatic rings. The summed E-state index contributed by atoms with van der Waals surface area (Å²) in [5, 5.41) is 8.53. The maximum absolute atomic E-state index is 11.5. The second kappa shape index (κ2) is 7.09. The van der Waals surface area contributed by atoms with Gasteiger partial charge in [0.15, 0.2) is 0 Å². The Hall–Kier alpha value is -1.32. The summed E-state index contributed by atoms with van der Waals surface area (Å²) in [5.41, 5.74) is 1.28. The van der Waals surface area contributed by atoms with E-state index < -0.39 is 5.97 Å². The highest BCUT2D eigenvalue weighted by atomic mass is 16.5. The molecule has 0 amide bonds. The molecule has 0 bridgehead atoms. The van der Waals surface area contributed by atoms with Crippen LogP contribution in [0.3, 0.4) is 0 Å². The van der Waals surface area contributed by atoms with Gasteiger partial charge in [-0.15, -0.1) is 0 Å². The van der Waals surface area contributed by atoms with E-state index in [2.05, 4.69) is 0 Å². The van der Waals surface area contributed by atoms with Crippen LogP contribution in [-0.2, 0) is 14.3 Å². The van der Waals surface area contributed by atoms with E-state index in [-0.39, 0.29) is 18.3 Å². The molecule has 17 heavy (non-hydrogen) atoms. The normalized spacial score (nSPS) is 19.8. The SMILES string of the molecule is CCOC(=O)C1CCC(=CCCC(=O)O)CC1. The predicted octanol–water partition coefficient (Wildman–Crippen LogP) is 2.53. The van der Waals surface area contributed by atoms with Gasteiger partial charge in [-0.3, -0.25) is 9.59 Å². The molecule has 1 aliphatic carbocycles. The van der Waals surface area contributed by atoms with Crippen molar-refractivity contribution in [3.05, 3.63) is 11.6 Å². The van der Waals surface area contributed by atoms with Crippen molar-refractivity contribution in [2.45, 2.75) is 45.4 Å². The van der Waals surface area contributed by atoms with E-state index in [0.29, 0.717) is 13.0 Å². The largest absolute Gasteiger partial charge is 0.481 e. The third-order valence-corrected chi connectivity index (χ3v) is 3.04. The maximum Gasteiger partial charge on any atom is 0.308 e. The van der Waals surface area contributed by atoms with Gasteiger partial charge in [0.2, 0.25) is 0 Å². The Labute approximate surface area is 102 Å². The summed E-state index contributed by atoms with van der Waals surface area (Å²) in [6, 6.07) is 0. The van der Waals surface area contributed by atoms with Gasteiger partial charge in [-0.25, -0.2) is 0 Å². The number of hydrogen-bond donors (Lipinski definition) is 1. The van der Waals surface area contributed by atoms with Gasteiger partial charge in [0.1, 0.15) is 0 Å². The van der Waals surface area contributed by atoms with E-state index in [0.717, 1.165) is 25.7 Å². The van der Waals surface area contributed by atoms with Crippen LogP contribution in [0.15, 0.2) is 11.6 Å². The van der Waals surface area contributed by atoms with Crippen molar-refractivity contribution in [1.82, 2.24) is 0 Å². The lowest BCUT2D eigenvalue weighted by Crippen LogP contribution is -2.21. The van der Waals surface area contributed by atoms with E-state index in [1.807, 2.05) is 13.0 Å². The highest BCUT2D eigenvalue weighted by molar-refractivity contribution is 5.72. The summed E-state index contributed by atoms with van der Waals surface area (Å²) in [4.78, 5) is 21.9. The number of allylic oxidation sites excluding steroid dienone is 2. The number of ether oxygens (including phenoxy) is 1. The molecule has 1 N–H and O–H groups in total. The average Bonchev–Trinajstić information content (AvgIpc) is 2.30. The minimum absolute atomic E-state index is 0.0339. The van der Waals surface area contributed by atoms with E-state index in [9.17, 15) is 9.59 Å². The summed E-state index contributed by atoms with van der Waals surface area (Å²) >= 11 is 0. The number of hydrogen-bond acceptors (Lipinski definition) is 3. The second-order valence-electron chi connectivity index (χ2n) is 4.32. The first-order chi connectivity index (χ1) is 8.13. The van der Waals surface area contributed by atoms with Crippen molar-refractivity contribution >= 4 is 11.9 Å². The van der Waals surface area contributed by atoms with Gasteiger partial charge in [0.25, 0.3) is 0 Å². The van der Waals surface area contributed by atoms with Gasteiger partial charge in [-0.05, 0) is 39.0 Å². The molecule has 4 nitrogen and oxygen atoms in total. The summed E-state index contributed by atoms with van der Waals surface area (Å²) < 4.78 is 4.99. The van der Waals surface area contributed by atoms with Gasteiger partial charge >= 0.3 is 11.9 Å². The number of carbonyl (C=O) groups excluding carboxylic acids is 1. The number of aliphatic carboxylic acids is 1. The fourth-order valence-corrected chi connectivity index (χ4v) is 2.09. The number of esters is 1. The first kappa shape index (κ1) is 13.7. The zero-order valence-corrected chi connectivity index (χ0v) is 10.3. The summed E-state index contributed by atoms with van der Waals surface area (Å²) in [7, 11) is 0. The highest BCUT2D eigenvalue weighted by Crippen LogP contribution is 2.29. The molecule has 0 spiro atoms. The number of rotatable bonds is 5. The molecule has 0 heterocycles. The highest BCUT2D eigenvalue weighted by Gasteiger charge is 2.23. The first-order valence-electron chi connectivity index (χ1n) is 6.19. The van der Waals surface area contributed by atoms with Gasteiger partial charge in [-0.1, -0.05) is 11.6 Å². The fourth-order valence-electron chi connectivity index (χ4n) is 2.09. The molecular weight excluding hydrogens is 220 g/mol. The molecule has 0 aliphatic heterocycles. The molecule has 0 aromatic carbocycles.